The number of para-hydroxylation sites is 2. The van der Waals surface area contributed by atoms with Crippen LogP contribution in [0.2, 0.25) is 0 Å². The molecule has 1 aromatic carbocycles. The third-order valence-corrected chi connectivity index (χ3v) is 3.02. The normalized spacial score (nSPS) is 15.1. The average Bonchev–Trinajstić information content (AvgIpc) is 3.22. The van der Waals surface area contributed by atoms with Gasteiger partial charge in [0.15, 0.2) is 0 Å². The van der Waals surface area contributed by atoms with Crippen molar-refractivity contribution in [3.05, 3.63) is 24.3 Å². The number of benzene rings is 1. The Morgan fingerprint density at radius 3 is 2.65 bits per heavy atom. The van der Waals surface area contributed by atoms with Gasteiger partial charge in [-0.2, -0.15) is 0 Å². The molecule has 1 aliphatic carbocycles. The molecule has 1 fully saturated rings. The number of carbonyl (C=O) groups excluding carboxylic acids is 2. The van der Waals surface area contributed by atoms with E-state index in [1.807, 2.05) is 18.2 Å². The fraction of sp³-hybridized carbons (Fsp3) is 0.429. The van der Waals surface area contributed by atoms with Crippen molar-refractivity contribution >= 4 is 17.6 Å². The minimum atomic E-state index is -0.545. The van der Waals surface area contributed by atoms with Crippen LogP contribution >= 0.6 is 0 Å². The number of methoxy groups -OCH3 is 1. The number of hydrogen-bond donors (Lipinski definition) is 3. The summed E-state index contributed by atoms with van der Waals surface area (Å²) in [4.78, 5) is 23.4. The molecule has 1 aliphatic rings. The molecule has 1 atom stereocenters. The third-order valence-electron chi connectivity index (χ3n) is 3.02. The monoisotopic (exact) mass is 277 g/mol. The van der Waals surface area contributed by atoms with E-state index in [9.17, 15) is 9.59 Å². The Morgan fingerprint density at radius 2 is 2.00 bits per heavy atom. The predicted octanol–water partition coefficient (Wildman–Crippen LogP) is 1.48. The first-order valence-corrected chi connectivity index (χ1v) is 6.61. The average molecular weight is 277 g/mol. The number of hydrogen-bond acceptors (Lipinski definition) is 4. The molecule has 0 aromatic heterocycles. The van der Waals surface area contributed by atoms with E-state index in [1.54, 1.807) is 20.1 Å². The Balaban J connectivity index is 1.87. The Labute approximate surface area is 117 Å². The first-order chi connectivity index (χ1) is 9.60. The van der Waals surface area contributed by atoms with Crippen LogP contribution in [0.25, 0.3) is 0 Å². The maximum absolute atomic E-state index is 11.9. The molecule has 0 radical (unpaired) electrons. The van der Waals surface area contributed by atoms with E-state index in [-0.39, 0.29) is 11.9 Å². The number of rotatable bonds is 5. The molecule has 108 valence electrons. The highest BCUT2D eigenvalue weighted by atomic mass is 16.5. The van der Waals surface area contributed by atoms with E-state index >= 15 is 0 Å². The lowest BCUT2D eigenvalue weighted by Crippen LogP contribution is -2.46. The van der Waals surface area contributed by atoms with E-state index in [0.29, 0.717) is 11.4 Å². The van der Waals surface area contributed by atoms with Crippen molar-refractivity contribution in [2.45, 2.75) is 31.8 Å². The molecule has 3 amide bonds. The van der Waals surface area contributed by atoms with Crippen molar-refractivity contribution in [2.24, 2.45) is 0 Å². The van der Waals surface area contributed by atoms with Crippen molar-refractivity contribution in [3.8, 4) is 5.75 Å². The maximum atomic E-state index is 11.9. The van der Waals surface area contributed by atoms with Crippen LogP contribution < -0.4 is 20.7 Å². The molecule has 6 heteroatoms. The highest BCUT2D eigenvalue weighted by molar-refractivity contribution is 5.98. The second-order valence-electron chi connectivity index (χ2n) is 4.80. The van der Waals surface area contributed by atoms with Crippen LogP contribution in [0.5, 0.6) is 5.75 Å². The minimum absolute atomic E-state index is 0.222. The molecule has 0 bridgehead atoms. The van der Waals surface area contributed by atoms with Gasteiger partial charge in [0.1, 0.15) is 11.8 Å². The lowest BCUT2D eigenvalue weighted by molar-refractivity contribution is -0.120. The quantitative estimate of drug-likeness (QED) is 0.761. The molecule has 2 rings (SSSR count). The van der Waals surface area contributed by atoms with E-state index in [2.05, 4.69) is 16.0 Å². The van der Waals surface area contributed by atoms with Gasteiger partial charge in [-0.05, 0) is 31.9 Å². The van der Waals surface area contributed by atoms with Gasteiger partial charge in [0.05, 0.1) is 12.8 Å². The summed E-state index contributed by atoms with van der Waals surface area (Å²) in [6.45, 7) is 1.69. The van der Waals surface area contributed by atoms with Gasteiger partial charge in [-0.1, -0.05) is 12.1 Å². The zero-order valence-corrected chi connectivity index (χ0v) is 11.6. The second kappa shape index (κ2) is 6.27. The summed E-state index contributed by atoms with van der Waals surface area (Å²) in [6, 6.07) is 6.54. The lowest BCUT2D eigenvalue weighted by atomic mass is 10.2. The van der Waals surface area contributed by atoms with Crippen LogP contribution in [0.1, 0.15) is 19.8 Å². The van der Waals surface area contributed by atoms with Crippen LogP contribution in [0.15, 0.2) is 24.3 Å². The van der Waals surface area contributed by atoms with Gasteiger partial charge in [0, 0.05) is 6.04 Å². The molecular weight excluding hydrogens is 258 g/mol. The van der Waals surface area contributed by atoms with Gasteiger partial charge in [-0.3, -0.25) is 10.1 Å². The van der Waals surface area contributed by atoms with E-state index in [1.165, 1.54) is 0 Å². The van der Waals surface area contributed by atoms with Crippen molar-refractivity contribution in [1.29, 1.82) is 0 Å². The van der Waals surface area contributed by atoms with Gasteiger partial charge in [0.2, 0.25) is 5.91 Å². The number of amides is 3. The van der Waals surface area contributed by atoms with Crippen molar-refractivity contribution in [2.75, 3.05) is 12.4 Å². The van der Waals surface area contributed by atoms with Crippen LogP contribution in [-0.2, 0) is 4.79 Å². The Hall–Kier alpha value is -2.24. The number of urea groups is 1. The van der Waals surface area contributed by atoms with E-state index in [4.69, 9.17) is 4.74 Å². The molecule has 0 heterocycles. The summed E-state index contributed by atoms with van der Waals surface area (Å²) in [5, 5.41) is 8.04. The van der Waals surface area contributed by atoms with E-state index < -0.39 is 12.1 Å². The predicted molar refractivity (Wildman–Crippen MR) is 75.8 cm³/mol. The fourth-order valence-electron chi connectivity index (χ4n) is 1.73. The summed E-state index contributed by atoms with van der Waals surface area (Å²) >= 11 is 0. The molecule has 1 unspecified atom stereocenters. The molecule has 0 spiro atoms. The zero-order valence-electron chi connectivity index (χ0n) is 11.6. The van der Waals surface area contributed by atoms with Gasteiger partial charge < -0.3 is 15.4 Å². The minimum Gasteiger partial charge on any atom is -0.495 e. The van der Waals surface area contributed by atoms with Crippen LogP contribution in [-0.4, -0.2) is 31.1 Å². The summed E-state index contributed by atoms with van der Waals surface area (Å²) in [5.74, 6) is 0.267. The SMILES string of the molecule is COc1ccccc1NC(C)C(=O)NC(=O)NC1CC1. The second-order valence-corrected chi connectivity index (χ2v) is 4.80. The standard InChI is InChI=1S/C14H19N3O3/c1-9(13(18)17-14(19)16-10-7-8-10)15-11-5-3-4-6-12(11)20-2/h3-6,9-10,15H,7-8H2,1-2H3,(H2,16,17,18,19). The molecule has 1 saturated carbocycles. The molecule has 20 heavy (non-hydrogen) atoms. The Bertz CT molecular complexity index is 500. The van der Waals surface area contributed by atoms with Crippen LogP contribution in [0, 0.1) is 0 Å². The van der Waals surface area contributed by atoms with Gasteiger partial charge in [0.25, 0.3) is 0 Å². The first-order valence-electron chi connectivity index (χ1n) is 6.61. The van der Waals surface area contributed by atoms with Crippen LogP contribution in [0.4, 0.5) is 10.5 Å². The van der Waals surface area contributed by atoms with Gasteiger partial charge in [-0.25, -0.2) is 4.79 Å². The van der Waals surface area contributed by atoms with Gasteiger partial charge >= 0.3 is 6.03 Å². The highest BCUT2D eigenvalue weighted by Gasteiger charge is 2.25. The lowest BCUT2D eigenvalue weighted by Gasteiger charge is -2.16. The largest absolute Gasteiger partial charge is 0.495 e. The molecule has 3 N–H and O–H groups in total. The highest BCUT2D eigenvalue weighted by Crippen LogP contribution is 2.23. The van der Waals surface area contributed by atoms with Crippen molar-refractivity contribution < 1.29 is 14.3 Å². The molecular formula is C14H19N3O3. The summed E-state index contributed by atoms with van der Waals surface area (Å²) in [6.07, 6.45) is 1.97. The number of carbonyl (C=O) groups is 2. The summed E-state index contributed by atoms with van der Waals surface area (Å²) in [7, 11) is 1.56. The van der Waals surface area contributed by atoms with Crippen molar-refractivity contribution in [3.63, 3.8) is 0 Å². The number of ether oxygens (including phenoxy) is 1. The first kappa shape index (κ1) is 14.2. The fourth-order valence-corrected chi connectivity index (χ4v) is 1.73. The Kier molecular flexibility index (Phi) is 4.45. The zero-order chi connectivity index (χ0) is 14.5. The maximum Gasteiger partial charge on any atom is 0.321 e. The number of nitrogens with one attached hydrogen (secondary N) is 3. The molecule has 0 saturated heterocycles. The number of imide groups is 1. The molecule has 6 nitrogen and oxygen atoms in total. The Morgan fingerprint density at radius 1 is 1.30 bits per heavy atom. The van der Waals surface area contributed by atoms with Gasteiger partial charge in [-0.15, -0.1) is 0 Å². The summed E-state index contributed by atoms with van der Waals surface area (Å²) < 4.78 is 5.19. The number of anilines is 1. The van der Waals surface area contributed by atoms with Crippen molar-refractivity contribution in [1.82, 2.24) is 10.6 Å². The van der Waals surface area contributed by atoms with Crippen LogP contribution in [0.3, 0.4) is 0 Å². The molecule has 0 aliphatic heterocycles. The molecule has 1 aromatic rings. The smallest absolute Gasteiger partial charge is 0.321 e. The topological polar surface area (TPSA) is 79.5 Å². The van der Waals surface area contributed by atoms with E-state index in [0.717, 1.165) is 12.8 Å². The summed E-state index contributed by atoms with van der Waals surface area (Å²) in [5.41, 5.74) is 0.709. The third kappa shape index (κ3) is 3.88.